The second-order valence-electron chi connectivity index (χ2n) is 7.68. The van der Waals surface area contributed by atoms with Gasteiger partial charge in [0.1, 0.15) is 18.5 Å². The van der Waals surface area contributed by atoms with E-state index in [1.165, 1.54) is 6.07 Å². The molecule has 0 heterocycles. The topological polar surface area (TPSA) is 87.1 Å². The highest BCUT2D eigenvalue weighted by atomic mass is 35.5. The minimum absolute atomic E-state index is 0.0852. The van der Waals surface area contributed by atoms with Crippen molar-refractivity contribution in [1.29, 1.82) is 0 Å². The largest absolute Gasteiger partial charge is 0.492 e. The molecule has 2 aliphatic rings. The lowest BCUT2D eigenvalue weighted by Crippen LogP contribution is -2.32. The van der Waals surface area contributed by atoms with E-state index in [0.29, 0.717) is 59.4 Å². The summed E-state index contributed by atoms with van der Waals surface area (Å²) >= 11 is 11.7. The molecule has 0 fully saturated rings. The number of alkyl halides is 2. The van der Waals surface area contributed by atoms with Crippen molar-refractivity contribution in [3.8, 4) is 5.75 Å². The predicted molar refractivity (Wildman–Crippen MR) is 118 cm³/mol. The van der Waals surface area contributed by atoms with Gasteiger partial charge in [-0.1, -0.05) is 24.3 Å². The summed E-state index contributed by atoms with van der Waals surface area (Å²) in [5, 5.41) is 20.9. The van der Waals surface area contributed by atoms with Crippen LogP contribution in [0.15, 0.2) is 30.3 Å². The third kappa shape index (κ3) is 3.99. The number of hydrogen-bond donors (Lipinski definition) is 2. The molecule has 0 radical (unpaired) electrons. The Morgan fingerprint density at radius 2 is 1.61 bits per heavy atom. The van der Waals surface area contributed by atoms with E-state index >= 15 is 0 Å². The van der Waals surface area contributed by atoms with Crippen LogP contribution >= 0.6 is 23.2 Å². The fraction of sp³-hybridized carbons (Fsp3) is 0.391. The number of carbonyl (C=O) groups is 2. The Kier molecular flexibility index (Phi) is 6.65. The summed E-state index contributed by atoms with van der Waals surface area (Å²) in [5.41, 5.74) is 2.06. The van der Waals surface area contributed by atoms with Crippen LogP contribution in [-0.4, -0.2) is 70.8 Å². The van der Waals surface area contributed by atoms with Crippen LogP contribution in [0.3, 0.4) is 0 Å². The molecular formula is C23H23Cl2NO5. The molecule has 2 atom stereocenters. The summed E-state index contributed by atoms with van der Waals surface area (Å²) in [5.74, 6) is 0.706. The molecule has 4 rings (SSSR count). The van der Waals surface area contributed by atoms with Crippen LogP contribution in [0.5, 0.6) is 5.75 Å². The molecule has 0 bridgehead atoms. The van der Waals surface area contributed by atoms with E-state index in [4.69, 9.17) is 27.9 Å². The van der Waals surface area contributed by atoms with Crippen molar-refractivity contribution in [2.75, 3.05) is 38.0 Å². The van der Waals surface area contributed by atoms with Gasteiger partial charge in [-0.15, -0.1) is 23.2 Å². The molecule has 31 heavy (non-hydrogen) atoms. The van der Waals surface area contributed by atoms with E-state index < -0.39 is 12.2 Å². The molecule has 0 unspecified atom stereocenters. The Labute approximate surface area is 190 Å². The van der Waals surface area contributed by atoms with Crippen LogP contribution in [0.25, 0.3) is 0 Å². The number of aliphatic hydroxyl groups excluding tert-OH is 2. The first kappa shape index (κ1) is 22.2. The Morgan fingerprint density at radius 1 is 0.968 bits per heavy atom. The third-order valence-electron chi connectivity index (χ3n) is 5.87. The average Bonchev–Trinajstić information content (AvgIpc) is 3.06. The number of aliphatic hydroxyl groups is 2. The lowest BCUT2D eigenvalue weighted by Gasteiger charge is -2.24. The number of ether oxygens (including phenoxy) is 1. The molecule has 8 heteroatoms. The Morgan fingerprint density at radius 3 is 2.26 bits per heavy atom. The summed E-state index contributed by atoms with van der Waals surface area (Å²) in [6.07, 6.45) is -2.16. The molecule has 0 saturated carbocycles. The van der Waals surface area contributed by atoms with Gasteiger partial charge in [0.25, 0.3) is 0 Å². The van der Waals surface area contributed by atoms with Crippen molar-refractivity contribution in [3.63, 3.8) is 0 Å². The number of fused-ring (bicyclic) bond motifs is 4. The minimum Gasteiger partial charge on any atom is -0.492 e. The molecule has 2 aromatic rings. The number of nitrogens with zero attached hydrogens (tertiary/aromatic N) is 1. The van der Waals surface area contributed by atoms with Gasteiger partial charge >= 0.3 is 0 Å². The molecule has 164 valence electrons. The summed E-state index contributed by atoms with van der Waals surface area (Å²) in [7, 11) is 0. The van der Waals surface area contributed by atoms with Crippen molar-refractivity contribution in [2.24, 2.45) is 0 Å². The Bertz CT molecular complexity index is 1020. The van der Waals surface area contributed by atoms with Gasteiger partial charge in [0.05, 0.1) is 6.10 Å². The fourth-order valence-electron chi connectivity index (χ4n) is 4.35. The van der Waals surface area contributed by atoms with Gasteiger partial charge in [0.15, 0.2) is 11.6 Å². The molecule has 2 aromatic carbocycles. The number of benzene rings is 2. The standard InChI is InChI=1S/C23H23Cl2NO5/c24-5-7-26(8-6-25)9-10-31-18-12-16-19(15-11-17(27)23(30)20(15)18)22(29)14-4-2-1-3-13(14)21(16)28/h1-4,12,17,23,27,30H,5-11H2/t17-,23-/m1/s1. The Hall–Kier alpha value is -1.96. The average molecular weight is 464 g/mol. The highest BCUT2D eigenvalue weighted by Gasteiger charge is 2.41. The van der Waals surface area contributed by atoms with Gasteiger partial charge in [-0.25, -0.2) is 0 Å². The van der Waals surface area contributed by atoms with Crippen LogP contribution in [0.1, 0.15) is 49.1 Å². The van der Waals surface area contributed by atoms with Crippen LogP contribution < -0.4 is 4.74 Å². The Balaban J connectivity index is 1.71. The molecule has 0 aliphatic heterocycles. The van der Waals surface area contributed by atoms with Gasteiger partial charge in [-0.3, -0.25) is 14.5 Å². The zero-order valence-electron chi connectivity index (χ0n) is 16.8. The van der Waals surface area contributed by atoms with Crippen molar-refractivity contribution in [1.82, 2.24) is 4.90 Å². The van der Waals surface area contributed by atoms with Crippen LogP contribution in [0.4, 0.5) is 0 Å². The van der Waals surface area contributed by atoms with Gasteiger partial charge in [0.2, 0.25) is 0 Å². The summed E-state index contributed by atoms with van der Waals surface area (Å²) in [6, 6.07) is 8.21. The van der Waals surface area contributed by atoms with E-state index in [1.54, 1.807) is 24.3 Å². The molecule has 2 N–H and O–H groups in total. The monoisotopic (exact) mass is 463 g/mol. The highest BCUT2D eigenvalue weighted by molar-refractivity contribution is 6.29. The third-order valence-corrected chi connectivity index (χ3v) is 6.20. The number of carbonyl (C=O) groups excluding carboxylic acids is 2. The lowest BCUT2D eigenvalue weighted by molar-refractivity contribution is 0.0310. The molecule has 2 aliphatic carbocycles. The number of ketones is 2. The maximum absolute atomic E-state index is 13.2. The second kappa shape index (κ2) is 9.27. The van der Waals surface area contributed by atoms with E-state index in [9.17, 15) is 19.8 Å². The van der Waals surface area contributed by atoms with Gasteiger partial charge in [0, 0.05) is 65.6 Å². The van der Waals surface area contributed by atoms with Crippen LogP contribution in [0.2, 0.25) is 0 Å². The fourth-order valence-corrected chi connectivity index (χ4v) is 4.83. The maximum Gasteiger partial charge on any atom is 0.194 e. The van der Waals surface area contributed by atoms with E-state index in [2.05, 4.69) is 4.90 Å². The van der Waals surface area contributed by atoms with Crippen LogP contribution in [0, 0.1) is 0 Å². The SMILES string of the molecule is O=C1c2ccccc2C(=O)c2c1cc(OCCN(CCCl)CCCl)c1c2C[C@@H](O)[C@H]1O. The molecule has 0 amide bonds. The smallest absolute Gasteiger partial charge is 0.194 e. The van der Waals surface area contributed by atoms with Crippen molar-refractivity contribution < 1.29 is 24.5 Å². The summed E-state index contributed by atoms with van der Waals surface area (Å²) in [4.78, 5) is 28.4. The van der Waals surface area contributed by atoms with Gasteiger partial charge < -0.3 is 14.9 Å². The quantitative estimate of drug-likeness (QED) is 0.499. The number of hydrogen-bond acceptors (Lipinski definition) is 6. The molecular weight excluding hydrogens is 441 g/mol. The highest BCUT2D eigenvalue weighted by Crippen LogP contribution is 2.44. The van der Waals surface area contributed by atoms with Crippen molar-refractivity contribution >= 4 is 34.8 Å². The molecule has 0 saturated heterocycles. The zero-order valence-corrected chi connectivity index (χ0v) is 18.3. The zero-order chi connectivity index (χ0) is 22.1. The molecule has 0 spiro atoms. The van der Waals surface area contributed by atoms with Crippen molar-refractivity contribution in [3.05, 3.63) is 63.7 Å². The summed E-state index contributed by atoms with van der Waals surface area (Å²) in [6.45, 7) is 2.15. The first-order chi connectivity index (χ1) is 15.0. The van der Waals surface area contributed by atoms with Gasteiger partial charge in [-0.05, 0) is 11.6 Å². The number of rotatable bonds is 8. The van der Waals surface area contributed by atoms with E-state index in [1.807, 2.05) is 0 Å². The maximum atomic E-state index is 13.2. The normalized spacial score (nSPS) is 19.4. The van der Waals surface area contributed by atoms with E-state index in [0.717, 1.165) is 0 Å². The van der Waals surface area contributed by atoms with Crippen LogP contribution in [-0.2, 0) is 6.42 Å². The predicted octanol–water partition coefficient (Wildman–Crippen LogP) is 2.57. The molecule has 6 nitrogen and oxygen atoms in total. The van der Waals surface area contributed by atoms with E-state index in [-0.39, 0.29) is 35.7 Å². The van der Waals surface area contributed by atoms with Crippen molar-refractivity contribution in [2.45, 2.75) is 18.6 Å². The first-order valence-electron chi connectivity index (χ1n) is 10.2. The minimum atomic E-state index is -1.18. The lowest BCUT2D eigenvalue weighted by atomic mass is 9.80. The van der Waals surface area contributed by atoms with Gasteiger partial charge in [-0.2, -0.15) is 0 Å². The second-order valence-corrected chi connectivity index (χ2v) is 8.43. The first-order valence-corrected chi connectivity index (χ1v) is 11.3. The molecule has 0 aromatic heterocycles. The summed E-state index contributed by atoms with van der Waals surface area (Å²) < 4.78 is 5.97. The number of halogens is 2.